The smallest absolute Gasteiger partial charge is 0.158 e. The van der Waals surface area contributed by atoms with Gasteiger partial charge in [-0.1, -0.05) is 23.4 Å². The molecule has 0 heterocycles. The fraction of sp³-hybridized carbons (Fsp3) is 0.125. The van der Waals surface area contributed by atoms with Crippen molar-refractivity contribution in [3.05, 3.63) is 29.3 Å². The SMILES string of the molecule is CSC(N)=Nc1ccc(Cl)cc1.[I-]. The maximum Gasteiger partial charge on any atom is 0.158 e. The molecular formula is C8H9ClIN2S-. The largest absolute Gasteiger partial charge is 1.00 e. The standard InChI is InChI=1S/C8H9ClN2S.HI/c1-12-8(10)11-7-4-2-6(9)3-5-7;/h2-5H,1H3,(H2,10,11);1H/p-1. The topological polar surface area (TPSA) is 38.4 Å². The van der Waals surface area contributed by atoms with Crippen molar-refractivity contribution in [2.24, 2.45) is 10.7 Å². The Bertz CT molecular complexity index is 287. The highest BCUT2D eigenvalue weighted by Gasteiger charge is 1.91. The lowest BCUT2D eigenvalue weighted by Crippen LogP contribution is -3.00. The van der Waals surface area contributed by atoms with Crippen molar-refractivity contribution in [1.82, 2.24) is 0 Å². The van der Waals surface area contributed by atoms with E-state index >= 15 is 0 Å². The van der Waals surface area contributed by atoms with Gasteiger partial charge in [-0.2, -0.15) is 0 Å². The summed E-state index contributed by atoms with van der Waals surface area (Å²) in [4.78, 5) is 4.12. The van der Waals surface area contributed by atoms with Gasteiger partial charge < -0.3 is 29.7 Å². The Hall–Kier alpha value is 0.0600. The van der Waals surface area contributed by atoms with E-state index in [1.165, 1.54) is 11.8 Å². The van der Waals surface area contributed by atoms with E-state index in [9.17, 15) is 0 Å². The number of nitrogens with two attached hydrogens (primary N) is 1. The molecule has 0 aliphatic rings. The molecule has 0 fully saturated rings. The molecule has 0 aromatic heterocycles. The van der Waals surface area contributed by atoms with Crippen molar-refractivity contribution in [2.45, 2.75) is 0 Å². The minimum absolute atomic E-state index is 0. The summed E-state index contributed by atoms with van der Waals surface area (Å²) in [5.41, 5.74) is 6.35. The number of nitrogens with zero attached hydrogens (tertiary/aromatic N) is 1. The summed E-state index contributed by atoms with van der Waals surface area (Å²) in [6, 6.07) is 7.22. The normalized spacial score (nSPS) is 10.8. The van der Waals surface area contributed by atoms with Crippen LogP contribution in [0.3, 0.4) is 0 Å². The number of halogens is 2. The second-order valence-corrected chi connectivity index (χ2v) is 3.39. The first kappa shape index (κ1) is 13.1. The second kappa shape index (κ2) is 6.50. The molecule has 0 aliphatic heterocycles. The Kier molecular flexibility index (Phi) is 6.53. The van der Waals surface area contributed by atoms with Crippen LogP contribution < -0.4 is 29.7 Å². The third-order valence-corrected chi connectivity index (χ3v) is 2.04. The quantitative estimate of drug-likeness (QED) is 0.435. The number of hydrogen-bond acceptors (Lipinski definition) is 2. The molecule has 1 aromatic carbocycles. The molecule has 0 unspecified atom stereocenters. The molecule has 0 amide bonds. The minimum atomic E-state index is 0. The predicted molar refractivity (Wildman–Crippen MR) is 56.2 cm³/mol. The van der Waals surface area contributed by atoms with Crippen LogP contribution in [0.1, 0.15) is 0 Å². The van der Waals surface area contributed by atoms with Gasteiger partial charge in [0.1, 0.15) is 0 Å². The fourth-order valence-corrected chi connectivity index (χ4v) is 1.01. The lowest BCUT2D eigenvalue weighted by atomic mass is 10.3. The van der Waals surface area contributed by atoms with Crippen LogP contribution in [0.15, 0.2) is 29.3 Å². The van der Waals surface area contributed by atoms with Gasteiger partial charge in [-0.25, -0.2) is 4.99 Å². The number of thioether (sulfide) groups is 1. The van der Waals surface area contributed by atoms with Gasteiger partial charge in [-0.3, -0.25) is 0 Å². The van der Waals surface area contributed by atoms with Crippen molar-refractivity contribution in [3.8, 4) is 0 Å². The zero-order valence-corrected chi connectivity index (χ0v) is 10.7. The molecule has 0 saturated carbocycles. The Morgan fingerprint density at radius 2 is 1.92 bits per heavy atom. The maximum atomic E-state index is 5.70. The van der Waals surface area contributed by atoms with E-state index in [4.69, 9.17) is 17.3 Å². The Labute approximate surface area is 104 Å². The first-order valence-corrected chi connectivity index (χ1v) is 4.96. The zero-order chi connectivity index (χ0) is 8.97. The van der Waals surface area contributed by atoms with E-state index in [0.29, 0.717) is 10.2 Å². The molecule has 0 spiro atoms. The minimum Gasteiger partial charge on any atom is -1.00 e. The molecule has 0 saturated heterocycles. The molecule has 0 atom stereocenters. The van der Waals surface area contributed by atoms with E-state index in [-0.39, 0.29) is 24.0 Å². The Morgan fingerprint density at radius 1 is 1.38 bits per heavy atom. The van der Waals surface area contributed by atoms with Gasteiger partial charge in [-0.05, 0) is 30.5 Å². The maximum absolute atomic E-state index is 5.70. The second-order valence-electron chi connectivity index (χ2n) is 2.13. The Morgan fingerprint density at radius 3 is 2.38 bits per heavy atom. The molecule has 72 valence electrons. The lowest BCUT2D eigenvalue weighted by Gasteiger charge is -1.95. The predicted octanol–water partition coefficient (Wildman–Crippen LogP) is -0.347. The monoisotopic (exact) mass is 327 g/mol. The molecular weight excluding hydrogens is 319 g/mol. The van der Waals surface area contributed by atoms with Crippen LogP contribution in [0.4, 0.5) is 5.69 Å². The van der Waals surface area contributed by atoms with Crippen LogP contribution >= 0.6 is 23.4 Å². The number of hydrogen-bond donors (Lipinski definition) is 1. The van der Waals surface area contributed by atoms with Crippen LogP contribution in [-0.2, 0) is 0 Å². The summed E-state index contributed by atoms with van der Waals surface area (Å²) in [5.74, 6) is 0. The van der Waals surface area contributed by atoms with Crippen molar-refractivity contribution < 1.29 is 24.0 Å². The van der Waals surface area contributed by atoms with Gasteiger partial charge in [0.25, 0.3) is 0 Å². The van der Waals surface area contributed by atoms with E-state index in [2.05, 4.69) is 4.99 Å². The van der Waals surface area contributed by atoms with Crippen LogP contribution in [0.2, 0.25) is 5.02 Å². The van der Waals surface area contributed by atoms with Crippen LogP contribution in [-0.4, -0.2) is 11.4 Å². The van der Waals surface area contributed by atoms with Gasteiger partial charge >= 0.3 is 0 Å². The van der Waals surface area contributed by atoms with Gasteiger partial charge in [0, 0.05) is 5.02 Å². The van der Waals surface area contributed by atoms with E-state index in [1.54, 1.807) is 12.1 Å². The lowest BCUT2D eigenvalue weighted by molar-refractivity contribution is -0.00000248. The molecule has 13 heavy (non-hydrogen) atoms. The summed E-state index contributed by atoms with van der Waals surface area (Å²) in [7, 11) is 0. The highest BCUT2D eigenvalue weighted by atomic mass is 127. The number of aliphatic imine (C=N–C) groups is 1. The first-order valence-electron chi connectivity index (χ1n) is 3.36. The number of benzene rings is 1. The van der Waals surface area contributed by atoms with E-state index in [0.717, 1.165) is 5.69 Å². The molecule has 2 nitrogen and oxygen atoms in total. The number of amidine groups is 1. The highest BCUT2D eigenvalue weighted by molar-refractivity contribution is 8.13. The van der Waals surface area contributed by atoms with E-state index in [1.807, 2.05) is 18.4 Å². The fourth-order valence-electron chi connectivity index (χ4n) is 0.689. The van der Waals surface area contributed by atoms with Crippen molar-refractivity contribution in [3.63, 3.8) is 0 Å². The zero-order valence-electron chi connectivity index (χ0n) is 7.00. The summed E-state index contributed by atoms with van der Waals surface area (Å²) >= 11 is 7.12. The molecule has 5 heteroatoms. The third kappa shape index (κ3) is 4.73. The molecule has 1 rings (SSSR count). The molecule has 2 N–H and O–H groups in total. The van der Waals surface area contributed by atoms with Crippen LogP contribution in [0.5, 0.6) is 0 Å². The highest BCUT2D eigenvalue weighted by Crippen LogP contribution is 2.16. The van der Waals surface area contributed by atoms with Crippen LogP contribution in [0.25, 0.3) is 0 Å². The van der Waals surface area contributed by atoms with Gasteiger partial charge in [-0.15, -0.1) is 0 Å². The number of rotatable bonds is 1. The summed E-state index contributed by atoms with van der Waals surface area (Å²) < 4.78 is 0. The van der Waals surface area contributed by atoms with Crippen molar-refractivity contribution in [1.29, 1.82) is 0 Å². The molecule has 0 radical (unpaired) electrons. The molecule has 0 bridgehead atoms. The summed E-state index contributed by atoms with van der Waals surface area (Å²) in [6.45, 7) is 0. The molecule has 1 aromatic rings. The average Bonchev–Trinajstić information content (AvgIpc) is 2.09. The van der Waals surface area contributed by atoms with Crippen LogP contribution in [0, 0.1) is 0 Å². The van der Waals surface area contributed by atoms with Gasteiger partial charge in [0.05, 0.1) is 5.69 Å². The van der Waals surface area contributed by atoms with E-state index < -0.39 is 0 Å². The van der Waals surface area contributed by atoms with Gasteiger partial charge in [0.2, 0.25) is 0 Å². The molecule has 0 aliphatic carbocycles. The van der Waals surface area contributed by atoms with Crippen molar-refractivity contribution >= 4 is 34.2 Å². The van der Waals surface area contributed by atoms with Crippen molar-refractivity contribution in [2.75, 3.05) is 6.26 Å². The first-order chi connectivity index (χ1) is 5.72. The average molecular weight is 328 g/mol. The summed E-state index contributed by atoms with van der Waals surface area (Å²) in [6.07, 6.45) is 1.88. The third-order valence-electron chi connectivity index (χ3n) is 1.28. The van der Waals surface area contributed by atoms with Gasteiger partial charge in [0.15, 0.2) is 5.17 Å². The Balaban J connectivity index is 0.00000144. The summed E-state index contributed by atoms with van der Waals surface area (Å²) in [5, 5.41) is 1.26.